The van der Waals surface area contributed by atoms with Crippen LogP contribution in [0.25, 0.3) is 10.9 Å². The largest absolute Gasteiger partial charge is 0.381 e. The number of aromatic nitrogens is 4. The summed E-state index contributed by atoms with van der Waals surface area (Å²) in [7, 11) is 1.88. The van der Waals surface area contributed by atoms with Crippen LogP contribution in [0.15, 0.2) is 34.4 Å². The molecule has 2 aliphatic heterocycles. The van der Waals surface area contributed by atoms with Crippen LogP contribution >= 0.6 is 23.4 Å². The van der Waals surface area contributed by atoms with Crippen LogP contribution in [-0.4, -0.2) is 52.0 Å². The number of fused-ring (bicyclic) bond motifs is 1. The third-order valence-corrected chi connectivity index (χ3v) is 8.28. The van der Waals surface area contributed by atoms with Gasteiger partial charge in [0.2, 0.25) is 0 Å². The molecule has 1 unspecified atom stereocenters. The zero-order valence-corrected chi connectivity index (χ0v) is 19.1. The molecule has 2 saturated heterocycles. The van der Waals surface area contributed by atoms with Gasteiger partial charge in [-0.15, -0.1) is 0 Å². The zero-order chi connectivity index (χ0) is 21.6. The van der Waals surface area contributed by atoms with Crippen molar-refractivity contribution in [2.24, 2.45) is 18.2 Å². The maximum atomic E-state index is 6.61. The summed E-state index contributed by atoms with van der Waals surface area (Å²) in [5, 5.41) is 10.0. The molecule has 8 nitrogen and oxygen atoms in total. The van der Waals surface area contributed by atoms with Crippen LogP contribution in [0, 0.1) is 5.41 Å². The molecule has 1 atom stereocenters. The normalized spacial score (nSPS) is 21.1. The van der Waals surface area contributed by atoms with Gasteiger partial charge in [0.25, 0.3) is 0 Å². The van der Waals surface area contributed by atoms with E-state index in [2.05, 4.69) is 25.3 Å². The molecule has 2 fully saturated rings. The highest BCUT2D eigenvalue weighted by atomic mass is 35.5. The number of hydrogen-bond acceptors (Lipinski definition) is 8. The average Bonchev–Trinajstić information content (AvgIpc) is 3.15. The van der Waals surface area contributed by atoms with Crippen LogP contribution in [0.5, 0.6) is 0 Å². The van der Waals surface area contributed by atoms with E-state index in [1.54, 1.807) is 4.68 Å². The second-order valence-electron chi connectivity index (χ2n) is 8.54. The second kappa shape index (κ2) is 8.12. The third-order valence-electron chi connectivity index (χ3n) is 6.69. The van der Waals surface area contributed by atoms with Crippen molar-refractivity contribution in [2.75, 3.05) is 36.8 Å². The smallest absolute Gasteiger partial charge is 0.158 e. The molecule has 0 bridgehead atoms. The van der Waals surface area contributed by atoms with Crippen molar-refractivity contribution in [1.29, 1.82) is 0 Å². The fourth-order valence-corrected chi connectivity index (χ4v) is 5.88. The number of aryl methyl sites for hydroxylation is 1. The van der Waals surface area contributed by atoms with Gasteiger partial charge in [0, 0.05) is 49.2 Å². The highest BCUT2D eigenvalue weighted by Gasteiger charge is 2.41. The lowest BCUT2D eigenvalue weighted by molar-refractivity contribution is 0.124. The van der Waals surface area contributed by atoms with Gasteiger partial charge in [0.05, 0.1) is 16.7 Å². The van der Waals surface area contributed by atoms with E-state index < -0.39 is 0 Å². The highest BCUT2D eigenvalue weighted by Crippen LogP contribution is 2.41. The van der Waals surface area contributed by atoms with Gasteiger partial charge in [-0.2, -0.15) is 5.10 Å². The molecule has 2 aliphatic rings. The molecule has 0 aliphatic carbocycles. The number of benzene rings is 1. The van der Waals surface area contributed by atoms with E-state index in [4.69, 9.17) is 23.1 Å². The van der Waals surface area contributed by atoms with Crippen LogP contribution in [-0.2, 0) is 7.05 Å². The van der Waals surface area contributed by atoms with Gasteiger partial charge >= 0.3 is 0 Å². The number of nitrogens with zero attached hydrogens (tertiary/aromatic N) is 5. The number of rotatable bonds is 3. The number of halogens is 1. The quantitative estimate of drug-likeness (QED) is 0.549. The van der Waals surface area contributed by atoms with Crippen molar-refractivity contribution in [3.05, 3.63) is 29.5 Å². The Morgan fingerprint density at radius 1 is 1.26 bits per heavy atom. The van der Waals surface area contributed by atoms with Crippen LogP contribution in [0.3, 0.4) is 0 Å². The summed E-state index contributed by atoms with van der Waals surface area (Å²) < 4.78 is 1.76. The molecular weight excluding hydrogens is 432 g/mol. The van der Waals surface area contributed by atoms with E-state index in [1.165, 1.54) is 11.8 Å². The lowest BCUT2D eigenvalue weighted by Gasteiger charge is -2.48. The topological polar surface area (TPSA) is 111 Å². The Kier molecular flexibility index (Phi) is 5.45. The summed E-state index contributed by atoms with van der Waals surface area (Å²) in [5.74, 6) is 1.25. The van der Waals surface area contributed by atoms with E-state index in [-0.39, 0.29) is 11.5 Å². The van der Waals surface area contributed by atoms with Gasteiger partial charge in [-0.1, -0.05) is 23.4 Å². The van der Waals surface area contributed by atoms with E-state index >= 15 is 0 Å². The van der Waals surface area contributed by atoms with Gasteiger partial charge in [-0.25, -0.2) is 9.97 Å². The van der Waals surface area contributed by atoms with E-state index in [0.29, 0.717) is 15.9 Å². The summed E-state index contributed by atoms with van der Waals surface area (Å²) in [6, 6.07) is 4.13. The molecule has 1 spiro atoms. The maximum Gasteiger partial charge on any atom is 0.158 e. The van der Waals surface area contributed by atoms with Crippen LogP contribution in [0.2, 0.25) is 5.02 Å². The van der Waals surface area contributed by atoms with Gasteiger partial charge in [-0.05, 0) is 43.4 Å². The van der Waals surface area contributed by atoms with Crippen LogP contribution < -0.4 is 21.7 Å². The molecule has 1 aromatic carbocycles. The van der Waals surface area contributed by atoms with Crippen molar-refractivity contribution in [1.82, 2.24) is 25.1 Å². The number of nitrogen functional groups attached to an aromatic ring is 1. The maximum absolute atomic E-state index is 6.61. The predicted molar refractivity (Wildman–Crippen MR) is 126 cm³/mol. The van der Waals surface area contributed by atoms with Gasteiger partial charge in [-0.3, -0.25) is 4.68 Å². The predicted octanol–water partition coefficient (Wildman–Crippen LogP) is 2.66. The summed E-state index contributed by atoms with van der Waals surface area (Å²) in [4.78, 5) is 12.4. The molecule has 4 heterocycles. The monoisotopic (exact) mass is 458 g/mol. The molecule has 0 amide bonds. The number of hydrogen-bond donors (Lipinski definition) is 3. The van der Waals surface area contributed by atoms with Gasteiger partial charge in [0.1, 0.15) is 10.8 Å². The summed E-state index contributed by atoms with van der Waals surface area (Å²) >= 11 is 8.04. The SMILES string of the molecule is Cn1cc2c(Cl)c(Sc3ncc(N4CCC5(CCNCC5N)CC4)nc3N)ccc2n1. The molecule has 31 heavy (non-hydrogen) atoms. The van der Waals surface area contributed by atoms with E-state index in [9.17, 15) is 0 Å². The fourth-order valence-electron chi connectivity index (χ4n) is 4.75. The average molecular weight is 459 g/mol. The van der Waals surface area contributed by atoms with E-state index in [1.807, 2.05) is 31.6 Å². The van der Waals surface area contributed by atoms with Gasteiger partial charge < -0.3 is 21.7 Å². The molecule has 3 aromatic rings. The Morgan fingerprint density at radius 2 is 2.06 bits per heavy atom. The molecule has 10 heteroatoms. The van der Waals surface area contributed by atoms with Gasteiger partial charge in [0.15, 0.2) is 5.82 Å². The molecule has 0 saturated carbocycles. The van der Waals surface area contributed by atoms with E-state index in [0.717, 1.165) is 67.1 Å². The molecule has 164 valence electrons. The fraction of sp³-hybridized carbons (Fsp3) is 0.476. The molecule has 2 aromatic heterocycles. The third kappa shape index (κ3) is 3.84. The first-order valence-electron chi connectivity index (χ1n) is 10.6. The first kappa shape index (κ1) is 20.8. The Balaban J connectivity index is 1.31. The van der Waals surface area contributed by atoms with Crippen molar-refractivity contribution >= 4 is 45.9 Å². The highest BCUT2D eigenvalue weighted by molar-refractivity contribution is 7.99. The summed E-state index contributed by atoms with van der Waals surface area (Å²) in [6.07, 6.45) is 7.03. The standard InChI is InChI=1S/C21H27ClN8S/c1-29-12-13-14(28-29)2-3-15(18(13)22)31-20-19(24)27-17(11-26-20)30-8-5-21(6-9-30)4-7-25-10-16(21)23/h2-3,11-12,16,25H,4-10,23H2,1H3,(H2,24,27). The Morgan fingerprint density at radius 3 is 2.81 bits per heavy atom. The number of nitrogens with two attached hydrogens (primary N) is 2. The first-order chi connectivity index (χ1) is 14.9. The summed E-state index contributed by atoms with van der Waals surface area (Å²) in [6.45, 7) is 3.82. The van der Waals surface area contributed by atoms with Crippen molar-refractivity contribution in [3.8, 4) is 0 Å². The minimum atomic E-state index is 0.222. The molecular formula is C21H27ClN8S. The zero-order valence-electron chi connectivity index (χ0n) is 17.5. The van der Waals surface area contributed by atoms with Crippen molar-refractivity contribution in [2.45, 2.75) is 35.2 Å². The van der Waals surface area contributed by atoms with Crippen LogP contribution in [0.4, 0.5) is 11.6 Å². The number of anilines is 2. The number of nitrogens with one attached hydrogen (secondary N) is 1. The Hall–Kier alpha value is -2.07. The minimum absolute atomic E-state index is 0.222. The molecule has 5 N–H and O–H groups in total. The Labute approximate surface area is 190 Å². The Bertz CT molecular complexity index is 1110. The molecule has 5 rings (SSSR count). The van der Waals surface area contributed by atoms with Crippen LogP contribution in [0.1, 0.15) is 19.3 Å². The lowest BCUT2D eigenvalue weighted by atomic mass is 9.68. The first-order valence-corrected chi connectivity index (χ1v) is 11.8. The minimum Gasteiger partial charge on any atom is -0.381 e. The van der Waals surface area contributed by atoms with Crippen molar-refractivity contribution < 1.29 is 0 Å². The summed E-state index contributed by atoms with van der Waals surface area (Å²) in [5.41, 5.74) is 13.9. The number of piperidine rings is 2. The second-order valence-corrected chi connectivity index (χ2v) is 9.95. The molecule has 0 radical (unpaired) electrons. The van der Waals surface area contributed by atoms with Crippen molar-refractivity contribution in [3.63, 3.8) is 0 Å². The lowest BCUT2D eigenvalue weighted by Crippen LogP contribution is -2.57.